The van der Waals surface area contributed by atoms with Crippen molar-refractivity contribution in [2.24, 2.45) is 0 Å². The fraction of sp³-hybridized carbons (Fsp3) is 0.176. The first-order valence-corrected chi connectivity index (χ1v) is 7.74. The second-order valence-corrected chi connectivity index (χ2v) is 5.52. The van der Waals surface area contributed by atoms with Gasteiger partial charge in [-0.15, -0.1) is 26.3 Å². The Labute approximate surface area is 158 Å². The topological polar surface area (TPSA) is 60.9 Å². The standard InChI is InChI=1S/C17H10F6N2O4/c18-16(19,20)28-12-3-1-10(7-13(12)29-17(21,22)23)2-4-15(26)25-9-27-14-8-24-6-5-11(14)25/h1-8H,9H2. The fourth-order valence-corrected chi connectivity index (χ4v) is 2.39. The van der Waals surface area contributed by atoms with Crippen molar-refractivity contribution in [3.05, 3.63) is 48.3 Å². The lowest BCUT2D eigenvalue weighted by Gasteiger charge is -2.16. The molecule has 0 N–H and O–H groups in total. The van der Waals surface area contributed by atoms with Crippen molar-refractivity contribution in [3.8, 4) is 17.2 Å². The second-order valence-electron chi connectivity index (χ2n) is 5.52. The van der Waals surface area contributed by atoms with Gasteiger partial charge in [0.2, 0.25) is 0 Å². The first-order valence-electron chi connectivity index (χ1n) is 7.74. The van der Waals surface area contributed by atoms with E-state index in [0.29, 0.717) is 23.6 Å². The summed E-state index contributed by atoms with van der Waals surface area (Å²) in [6.45, 7) is -0.0923. The van der Waals surface area contributed by atoms with Gasteiger partial charge in [-0.05, 0) is 29.8 Å². The summed E-state index contributed by atoms with van der Waals surface area (Å²) < 4.78 is 86.9. The van der Waals surface area contributed by atoms with E-state index in [1.54, 1.807) is 0 Å². The van der Waals surface area contributed by atoms with Crippen LogP contribution >= 0.6 is 0 Å². The maximum atomic E-state index is 12.5. The van der Waals surface area contributed by atoms with Crippen LogP contribution in [0.2, 0.25) is 0 Å². The number of alkyl halides is 6. The maximum Gasteiger partial charge on any atom is 0.573 e. The highest BCUT2D eigenvalue weighted by molar-refractivity contribution is 6.05. The molecule has 154 valence electrons. The molecule has 0 unspecified atom stereocenters. The summed E-state index contributed by atoms with van der Waals surface area (Å²) in [5.74, 6) is -2.56. The third-order valence-corrected chi connectivity index (χ3v) is 3.51. The summed E-state index contributed by atoms with van der Waals surface area (Å²) in [7, 11) is 0. The van der Waals surface area contributed by atoms with E-state index >= 15 is 0 Å². The lowest BCUT2D eigenvalue weighted by atomic mass is 10.2. The number of hydrogen-bond acceptors (Lipinski definition) is 5. The molecule has 0 aliphatic carbocycles. The molecular weight excluding hydrogens is 410 g/mol. The average Bonchev–Trinajstić information content (AvgIpc) is 3.03. The Morgan fingerprint density at radius 3 is 2.45 bits per heavy atom. The van der Waals surface area contributed by atoms with Crippen molar-refractivity contribution in [2.75, 3.05) is 11.6 Å². The van der Waals surface area contributed by atoms with Crippen molar-refractivity contribution in [1.29, 1.82) is 0 Å². The van der Waals surface area contributed by atoms with Crippen LogP contribution in [0, 0.1) is 0 Å². The van der Waals surface area contributed by atoms with E-state index in [0.717, 1.165) is 18.2 Å². The number of ether oxygens (including phenoxy) is 3. The van der Waals surface area contributed by atoms with Gasteiger partial charge < -0.3 is 14.2 Å². The van der Waals surface area contributed by atoms with Gasteiger partial charge in [-0.1, -0.05) is 6.07 Å². The van der Waals surface area contributed by atoms with E-state index in [9.17, 15) is 31.1 Å². The SMILES string of the molecule is O=C(C=Cc1ccc(OC(F)(F)F)c(OC(F)(F)F)c1)N1COc2cnccc21. The quantitative estimate of drug-likeness (QED) is 0.546. The summed E-state index contributed by atoms with van der Waals surface area (Å²) in [5.41, 5.74) is 0.423. The van der Waals surface area contributed by atoms with E-state index in [2.05, 4.69) is 14.5 Å². The zero-order chi connectivity index (χ0) is 21.2. The highest BCUT2D eigenvalue weighted by atomic mass is 19.4. The highest BCUT2D eigenvalue weighted by Crippen LogP contribution is 2.37. The van der Waals surface area contributed by atoms with Crippen LogP contribution in [0.25, 0.3) is 6.08 Å². The largest absolute Gasteiger partial charge is 0.573 e. The van der Waals surface area contributed by atoms with Gasteiger partial charge in [-0.25, -0.2) is 0 Å². The van der Waals surface area contributed by atoms with E-state index < -0.39 is 30.1 Å². The summed E-state index contributed by atoms with van der Waals surface area (Å²) in [6.07, 6.45) is -5.47. The smallest absolute Gasteiger partial charge is 0.469 e. The van der Waals surface area contributed by atoms with Gasteiger partial charge in [-0.3, -0.25) is 14.7 Å². The predicted molar refractivity (Wildman–Crippen MR) is 86.1 cm³/mol. The van der Waals surface area contributed by atoms with Crippen molar-refractivity contribution >= 4 is 17.7 Å². The number of anilines is 1. The molecule has 0 fully saturated rings. The maximum absolute atomic E-state index is 12.5. The van der Waals surface area contributed by atoms with Gasteiger partial charge in [0.1, 0.15) is 0 Å². The number of hydrogen-bond donors (Lipinski definition) is 0. The summed E-state index contributed by atoms with van der Waals surface area (Å²) in [6, 6.07) is 3.88. The van der Waals surface area contributed by atoms with Gasteiger partial charge in [0.05, 0.1) is 11.9 Å². The van der Waals surface area contributed by atoms with Crippen LogP contribution in [0.3, 0.4) is 0 Å². The van der Waals surface area contributed by atoms with Gasteiger partial charge in [-0.2, -0.15) is 0 Å². The number of nitrogens with zero attached hydrogens (tertiary/aromatic N) is 2. The number of carbonyl (C=O) groups is 1. The van der Waals surface area contributed by atoms with E-state index in [-0.39, 0.29) is 12.3 Å². The third kappa shape index (κ3) is 5.30. The number of halogens is 6. The molecule has 0 spiro atoms. The molecule has 0 atom stereocenters. The molecule has 2 heterocycles. The monoisotopic (exact) mass is 420 g/mol. The van der Waals surface area contributed by atoms with Crippen LogP contribution < -0.4 is 19.1 Å². The summed E-state index contributed by atoms with van der Waals surface area (Å²) in [5, 5.41) is 0. The minimum absolute atomic E-state index is 0.0257. The Bertz CT molecular complexity index is 942. The van der Waals surface area contributed by atoms with Crippen LogP contribution in [0.4, 0.5) is 32.0 Å². The molecule has 12 heteroatoms. The molecule has 2 aromatic rings. The summed E-state index contributed by atoms with van der Waals surface area (Å²) in [4.78, 5) is 17.4. The van der Waals surface area contributed by atoms with Crippen LogP contribution in [-0.2, 0) is 4.79 Å². The number of aromatic nitrogens is 1. The normalized spacial score (nSPS) is 13.9. The predicted octanol–water partition coefficient (Wildman–Crippen LogP) is 4.28. The lowest BCUT2D eigenvalue weighted by molar-refractivity contribution is -0.287. The minimum atomic E-state index is -5.24. The lowest BCUT2D eigenvalue weighted by Crippen LogP contribution is -2.28. The molecule has 0 bridgehead atoms. The number of fused-ring (bicyclic) bond motifs is 1. The average molecular weight is 420 g/mol. The molecule has 1 aromatic heterocycles. The van der Waals surface area contributed by atoms with Crippen LogP contribution in [0.1, 0.15) is 5.56 Å². The molecule has 0 radical (unpaired) electrons. The Balaban J connectivity index is 1.81. The molecule has 3 rings (SSSR count). The van der Waals surface area contributed by atoms with Crippen LogP contribution in [0.5, 0.6) is 17.2 Å². The van der Waals surface area contributed by atoms with Crippen molar-refractivity contribution in [1.82, 2.24) is 4.98 Å². The number of pyridine rings is 1. The van der Waals surface area contributed by atoms with Crippen molar-refractivity contribution in [3.63, 3.8) is 0 Å². The molecule has 6 nitrogen and oxygen atoms in total. The molecular formula is C17H10F6N2O4. The fourth-order valence-electron chi connectivity index (χ4n) is 2.39. The molecule has 1 amide bonds. The molecule has 0 saturated heterocycles. The molecule has 1 aromatic carbocycles. The van der Waals surface area contributed by atoms with Gasteiger partial charge in [0.25, 0.3) is 5.91 Å². The van der Waals surface area contributed by atoms with E-state index in [1.165, 1.54) is 23.4 Å². The molecule has 0 saturated carbocycles. The van der Waals surface area contributed by atoms with Gasteiger partial charge in [0.15, 0.2) is 24.0 Å². The second kappa shape index (κ2) is 7.53. The number of benzene rings is 1. The Hall–Kier alpha value is -3.44. The van der Waals surface area contributed by atoms with Crippen LogP contribution in [0.15, 0.2) is 42.7 Å². The molecule has 29 heavy (non-hydrogen) atoms. The summed E-state index contributed by atoms with van der Waals surface area (Å²) >= 11 is 0. The Morgan fingerprint density at radius 2 is 1.76 bits per heavy atom. The zero-order valence-electron chi connectivity index (χ0n) is 14.1. The molecule has 1 aliphatic rings. The first-order chi connectivity index (χ1) is 13.5. The van der Waals surface area contributed by atoms with Gasteiger partial charge >= 0.3 is 12.7 Å². The number of carbonyl (C=O) groups excluding carboxylic acids is 1. The third-order valence-electron chi connectivity index (χ3n) is 3.51. The number of amides is 1. The minimum Gasteiger partial charge on any atom is -0.469 e. The van der Waals surface area contributed by atoms with Crippen molar-refractivity contribution < 1.29 is 45.3 Å². The van der Waals surface area contributed by atoms with E-state index in [4.69, 9.17) is 4.74 Å². The Kier molecular flexibility index (Phi) is 5.27. The highest BCUT2D eigenvalue weighted by Gasteiger charge is 2.36. The molecule has 1 aliphatic heterocycles. The van der Waals surface area contributed by atoms with Crippen molar-refractivity contribution in [2.45, 2.75) is 12.7 Å². The van der Waals surface area contributed by atoms with E-state index in [1.807, 2.05) is 0 Å². The Morgan fingerprint density at radius 1 is 1.07 bits per heavy atom. The van der Waals surface area contributed by atoms with Crippen LogP contribution in [-0.4, -0.2) is 30.3 Å². The zero-order valence-corrected chi connectivity index (χ0v) is 14.1. The number of rotatable bonds is 4. The van der Waals surface area contributed by atoms with Gasteiger partial charge in [0, 0.05) is 12.3 Å². The first kappa shape index (κ1) is 20.3.